The monoisotopic (exact) mass is 591 g/mol. The van der Waals surface area contributed by atoms with Gasteiger partial charge in [0.25, 0.3) is 5.91 Å². The molecule has 0 bridgehead atoms. The third kappa shape index (κ3) is 8.30. The molecule has 9 nitrogen and oxygen atoms in total. The lowest BCUT2D eigenvalue weighted by molar-refractivity contribution is -0.119. The van der Waals surface area contributed by atoms with Crippen molar-refractivity contribution in [3.8, 4) is 5.75 Å². The predicted octanol–water partition coefficient (Wildman–Crippen LogP) is 5.45. The molecule has 0 radical (unpaired) electrons. The van der Waals surface area contributed by atoms with Crippen molar-refractivity contribution < 1.29 is 28.6 Å². The summed E-state index contributed by atoms with van der Waals surface area (Å²) in [5, 5.41) is 5.56. The quantitative estimate of drug-likeness (QED) is 0.227. The number of carbonyl (C=O) groups excluding carboxylic acids is 3. The number of para-hydroxylation sites is 1. The summed E-state index contributed by atoms with van der Waals surface area (Å²) >= 11 is 0. The summed E-state index contributed by atoms with van der Waals surface area (Å²) in [4.78, 5) is 51.9. The Bertz CT molecular complexity index is 1430. The van der Waals surface area contributed by atoms with Gasteiger partial charge in [-0.15, -0.1) is 0 Å². The van der Waals surface area contributed by atoms with Gasteiger partial charge in [0.05, 0.1) is 6.61 Å². The first kappa shape index (κ1) is 31.0. The number of rotatable bonds is 13. The number of nitrogens with zero attached hydrogens (tertiary/aromatic N) is 1. The highest BCUT2D eigenvalue weighted by molar-refractivity contribution is 7.58. The Morgan fingerprint density at radius 1 is 1.05 bits per heavy atom. The zero-order chi connectivity index (χ0) is 30.1. The van der Waals surface area contributed by atoms with E-state index in [2.05, 4.69) is 10.6 Å². The van der Waals surface area contributed by atoms with E-state index in [0.717, 1.165) is 18.4 Å². The third-order valence-corrected chi connectivity index (χ3v) is 9.45. The van der Waals surface area contributed by atoms with Crippen LogP contribution in [0.4, 0.5) is 11.4 Å². The van der Waals surface area contributed by atoms with Crippen LogP contribution in [0.5, 0.6) is 5.75 Å². The van der Waals surface area contributed by atoms with Gasteiger partial charge >= 0.3 is 0 Å². The number of hydrogen-bond acceptors (Lipinski definition) is 5. The van der Waals surface area contributed by atoms with Crippen molar-refractivity contribution in [2.24, 2.45) is 5.92 Å². The minimum absolute atomic E-state index is 0.0291. The molecule has 1 aliphatic heterocycles. The van der Waals surface area contributed by atoms with Gasteiger partial charge in [0.1, 0.15) is 11.5 Å². The van der Waals surface area contributed by atoms with Crippen LogP contribution in [0.15, 0.2) is 78.9 Å². The summed E-state index contributed by atoms with van der Waals surface area (Å²) in [7, 11) is -4.12. The van der Waals surface area contributed by atoms with Crippen LogP contribution in [0.2, 0.25) is 0 Å². The normalized spacial score (nSPS) is 15.9. The highest BCUT2D eigenvalue weighted by Gasteiger charge is 2.36. The van der Waals surface area contributed by atoms with Gasteiger partial charge in [-0.1, -0.05) is 62.4 Å². The molecule has 3 amide bonds. The Kier molecular flexibility index (Phi) is 10.6. The molecule has 0 aliphatic carbocycles. The summed E-state index contributed by atoms with van der Waals surface area (Å²) in [6, 6.07) is 22.9. The van der Waals surface area contributed by atoms with Crippen LogP contribution in [0.1, 0.15) is 49.0 Å². The standard InChI is InChI=1S/C32H38N3O6P/c1-3-17-41-28-20-25(19-27(21-28)35-16-10-15-30(35)36)32(38)34-29(18-24-11-6-4-7-12-24)42(39,40)22-23(2)31(37)33-26-13-8-5-9-14-26/h4-9,11-14,19-21,23,29H,3,10,15-18,22H2,1-2H3,(H,33,37)(H,34,38)(H,39,40)/t23?,29-/m1/s1. The molecule has 222 valence electrons. The van der Waals surface area contributed by atoms with E-state index in [1.807, 2.05) is 43.3 Å². The van der Waals surface area contributed by atoms with E-state index in [0.29, 0.717) is 36.7 Å². The van der Waals surface area contributed by atoms with Gasteiger partial charge in [0, 0.05) is 54.5 Å². The number of ether oxygens (including phenoxy) is 1. The number of hydrogen-bond donors (Lipinski definition) is 3. The molecule has 1 fully saturated rings. The maximum Gasteiger partial charge on any atom is 0.252 e. The lowest BCUT2D eigenvalue weighted by Crippen LogP contribution is -2.38. The maximum absolute atomic E-state index is 13.9. The van der Waals surface area contributed by atoms with Gasteiger partial charge in [-0.3, -0.25) is 18.9 Å². The van der Waals surface area contributed by atoms with Crippen molar-refractivity contribution >= 4 is 36.5 Å². The molecule has 0 spiro atoms. The van der Waals surface area contributed by atoms with E-state index >= 15 is 0 Å². The second kappa shape index (κ2) is 14.3. The van der Waals surface area contributed by atoms with Crippen molar-refractivity contribution in [1.82, 2.24) is 5.32 Å². The summed E-state index contributed by atoms with van der Waals surface area (Å²) in [5.74, 6) is -2.50. The van der Waals surface area contributed by atoms with Crippen molar-refractivity contribution in [3.63, 3.8) is 0 Å². The molecule has 3 N–H and O–H groups in total. The van der Waals surface area contributed by atoms with Gasteiger partial charge < -0.3 is 25.2 Å². The van der Waals surface area contributed by atoms with Crippen LogP contribution >= 0.6 is 7.37 Å². The van der Waals surface area contributed by atoms with Crippen molar-refractivity contribution in [2.45, 2.75) is 45.3 Å². The van der Waals surface area contributed by atoms with Crippen molar-refractivity contribution in [2.75, 3.05) is 29.5 Å². The fourth-order valence-electron chi connectivity index (χ4n) is 4.85. The molecule has 0 saturated carbocycles. The maximum atomic E-state index is 13.9. The number of anilines is 2. The van der Waals surface area contributed by atoms with Crippen molar-refractivity contribution in [1.29, 1.82) is 0 Å². The van der Waals surface area contributed by atoms with Gasteiger partial charge in [-0.05, 0) is 42.7 Å². The molecule has 0 aromatic heterocycles. The molecule has 3 aromatic carbocycles. The Morgan fingerprint density at radius 3 is 2.38 bits per heavy atom. The first-order valence-electron chi connectivity index (χ1n) is 14.3. The minimum atomic E-state index is -4.12. The van der Waals surface area contributed by atoms with Crippen LogP contribution in [0.3, 0.4) is 0 Å². The molecule has 1 saturated heterocycles. The zero-order valence-corrected chi connectivity index (χ0v) is 24.9. The SMILES string of the molecule is CCCOc1cc(C(=O)N[C@@H](Cc2ccccc2)P(=O)(O)CC(C)C(=O)Nc2ccccc2)cc(N2CCCC2=O)c1. The van der Waals surface area contributed by atoms with Gasteiger partial charge in [0.2, 0.25) is 19.2 Å². The molecule has 3 aromatic rings. The van der Waals surface area contributed by atoms with Crippen LogP contribution < -0.4 is 20.3 Å². The molecule has 4 rings (SSSR count). The van der Waals surface area contributed by atoms with E-state index in [9.17, 15) is 23.8 Å². The fourth-order valence-corrected chi connectivity index (χ4v) is 6.87. The van der Waals surface area contributed by atoms with E-state index in [-0.39, 0.29) is 30.0 Å². The first-order valence-corrected chi connectivity index (χ1v) is 16.2. The second-order valence-corrected chi connectivity index (χ2v) is 13.1. The highest BCUT2D eigenvalue weighted by Crippen LogP contribution is 2.48. The number of carbonyl (C=O) groups is 3. The van der Waals surface area contributed by atoms with Crippen LogP contribution in [0.25, 0.3) is 0 Å². The zero-order valence-electron chi connectivity index (χ0n) is 24.0. The Balaban J connectivity index is 1.58. The Labute approximate surface area is 246 Å². The first-order chi connectivity index (χ1) is 20.2. The average molecular weight is 592 g/mol. The third-order valence-electron chi connectivity index (χ3n) is 7.09. The van der Waals surface area contributed by atoms with E-state index in [1.54, 1.807) is 54.3 Å². The van der Waals surface area contributed by atoms with Crippen LogP contribution in [-0.4, -0.2) is 47.7 Å². The van der Waals surface area contributed by atoms with Crippen LogP contribution in [0, 0.1) is 5.92 Å². The smallest absolute Gasteiger partial charge is 0.252 e. The molecular formula is C32H38N3O6P. The topological polar surface area (TPSA) is 125 Å². The van der Waals surface area contributed by atoms with Crippen molar-refractivity contribution in [3.05, 3.63) is 90.0 Å². The molecular weight excluding hydrogens is 553 g/mol. The summed E-state index contributed by atoms with van der Waals surface area (Å²) < 4.78 is 19.7. The van der Waals surface area contributed by atoms with Gasteiger partial charge in [-0.2, -0.15) is 0 Å². The Hall–Kier alpha value is -3.94. The highest BCUT2D eigenvalue weighted by atomic mass is 31.2. The lowest BCUT2D eigenvalue weighted by atomic mass is 10.1. The molecule has 3 atom stereocenters. The molecule has 1 aliphatic rings. The van der Waals surface area contributed by atoms with Gasteiger partial charge in [0.15, 0.2) is 0 Å². The number of benzene rings is 3. The molecule has 10 heteroatoms. The van der Waals surface area contributed by atoms with E-state index in [4.69, 9.17) is 4.74 Å². The number of nitrogens with one attached hydrogen (secondary N) is 2. The number of amides is 3. The largest absolute Gasteiger partial charge is 0.494 e. The van der Waals surface area contributed by atoms with Gasteiger partial charge in [-0.25, -0.2) is 0 Å². The van der Waals surface area contributed by atoms with E-state index < -0.39 is 25.0 Å². The molecule has 42 heavy (non-hydrogen) atoms. The Morgan fingerprint density at radius 2 is 1.74 bits per heavy atom. The average Bonchev–Trinajstić information content (AvgIpc) is 3.42. The fraction of sp³-hybridized carbons (Fsp3) is 0.344. The minimum Gasteiger partial charge on any atom is -0.494 e. The summed E-state index contributed by atoms with van der Waals surface area (Å²) in [6.45, 7) is 4.54. The van der Waals surface area contributed by atoms with Crippen LogP contribution in [-0.2, 0) is 20.6 Å². The predicted molar refractivity (Wildman–Crippen MR) is 164 cm³/mol. The summed E-state index contributed by atoms with van der Waals surface area (Å²) in [5.41, 5.74) is 2.12. The summed E-state index contributed by atoms with van der Waals surface area (Å²) in [6.07, 6.45) is 1.69. The molecule has 2 unspecified atom stereocenters. The molecule has 1 heterocycles. The lowest BCUT2D eigenvalue weighted by Gasteiger charge is -2.27. The second-order valence-electron chi connectivity index (χ2n) is 10.6. The van der Waals surface area contributed by atoms with E-state index in [1.165, 1.54) is 0 Å².